The maximum atomic E-state index is 12.9. The number of carboxylic acids is 1. The molecule has 0 fully saturated rings. The second-order valence-corrected chi connectivity index (χ2v) is 8.88. The van der Waals surface area contributed by atoms with Crippen molar-refractivity contribution < 1.29 is 23.1 Å². The van der Waals surface area contributed by atoms with Gasteiger partial charge in [-0.2, -0.15) is 13.2 Å². The SMILES string of the molecule is O=C(O)CC1CCCc2c(-c3ccc(Cl)cc3Cl)cn(Cc3ccc(C(F)(F)F)cc3)c21. The molecule has 32 heavy (non-hydrogen) atoms. The fourth-order valence-electron chi connectivity index (χ4n) is 4.50. The summed E-state index contributed by atoms with van der Waals surface area (Å²) in [4.78, 5) is 11.5. The third-order valence-electron chi connectivity index (χ3n) is 5.87. The van der Waals surface area contributed by atoms with Gasteiger partial charge in [-0.05, 0) is 54.7 Å². The molecule has 1 aliphatic carbocycles. The molecule has 0 radical (unpaired) electrons. The smallest absolute Gasteiger partial charge is 0.416 e. The molecule has 0 aliphatic heterocycles. The summed E-state index contributed by atoms with van der Waals surface area (Å²) < 4.78 is 40.7. The molecule has 2 aromatic carbocycles. The Bertz CT molecular complexity index is 1150. The van der Waals surface area contributed by atoms with Gasteiger partial charge in [-0.15, -0.1) is 0 Å². The number of hydrogen-bond acceptors (Lipinski definition) is 1. The fraction of sp³-hybridized carbons (Fsp3) is 0.292. The minimum absolute atomic E-state index is 0.00217. The van der Waals surface area contributed by atoms with Crippen molar-refractivity contribution in [3.8, 4) is 11.1 Å². The van der Waals surface area contributed by atoms with Gasteiger partial charge in [0.25, 0.3) is 0 Å². The summed E-state index contributed by atoms with van der Waals surface area (Å²) in [7, 11) is 0. The first-order valence-electron chi connectivity index (χ1n) is 10.2. The Kier molecular flexibility index (Phi) is 6.28. The Hall–Kier alpha value is -2.44. The average molecular weight is 482 g/mol. The lowest BCUT2D eigenvalue weighted by Gasteiger charge is -2.25. The maximum absolute atomic E-state index is 12.9. The van der Waals surface area contributed by atoms with Crippen molar-refractivity contribution in [3.05, 3.63) is 81.1 Å². The van der Waals surface area contributed by atoms with Crippen molar-refractivity contribution in [2.75, 3.05) is 0 Å². The molecule has 1 heterocycles. The van der Waals surface area contributed by atoms with Crippen LogP contribution >= 0.6 is 23.2 Å². The highest BCUT2D eigenvalue weighted by Gasteiger charge is 2.31. The first-order valence-corrected chi connectivity index (χ1v) is 10.9. The number of carbonyl (C=O) groups is 1. The molecule has 168 valence electrons. The lowest BCUT2D eigenvalue weighted by Crippen LogP contribution is -2.17. The molecule has 0 bridgehead atoms. The van der Waals surface area contributed by atoms with E-state index >= 15 is 0 Å². The topological polar surface area (TPSA) is 42.2 Å². The van der Waals surface area contributed by atoms with Crippen LogP contribution in [-0.2, 0) is 23.9 Å². The van der Waals surface area contributed by atoms with Gasteiger partial charge in [-0.25, -0.2) is 0 Å². The van der Waals surface area contributed by atoms with Gasteiger partial charge in [0.15, 0.2) is 0 Å². The van der Waals surface area contributed by atoms with Crippen molar-refractivity contribution in [1.29, 1.82) is 0 Å². The molecule has 0 spiro atoms. The van der Waals surface area contributed by atoms with E-state index in [0.717, 1.165) is 53.8 Å². The van der Waals surface area contributed by atoms with E-state index < -0.39 is 17.7 Å². The van der Waals surface area contributed by atoms with Crippen molar-refractivity contribution >= 4 is 29.2 Å². The van der Waals surface area contributed by atoms with E-state index in [9.17, 15) is 23.1 Å². The first-order chi connectivity index (χ1) is 15.1. The molecule has 1 N–H and O–H groups in total. The molecule has 1 aliphatic rings. The van der Waals surface area contributed by atoms with Crippen molar-refractivity contribution in [2.45, 2.75) is 44.3 Å². The van der Waals surface area contributed by atoms with E-state index in [1.165, 1.54) is 12.1 Å². The van der Waals surface area contributed by atoms with Crippen LogP contribution in [-0.4, -0.2) is 15.6 Å². The number of aromatic nitrogens is 1. The van der Waals surface area contributed by atoms with E-state index in [0.29, 0.717) is 22.2 Å². The number of alkyl halides is 3. The van der Waals surface area contributed by atoms with Crippen LogP contribution in [0.4, 0.5) is 13.2 Å². The minimum Gasteiger partial charge on any atom is -0.481 e. The zero-order valence-electron chi connectivity index (χ0n) is 16.9. The molecule has 0 amide bonds. The Morgan fingerprint density at radius 1 is 1.09 bits per heavy atom. The number of fused-ring (bicyclic) bond motifs is 1. The van der Waals surface area contributed by atoms with Crippen LogP contribution in [0.5, 0.6) is 0 Å². The summed E-state index contributed by atoms with van der Waals surface area (Å²) in [5.74, 6) is -1.05. The van der Waals surface area contributed by atoms with E-state index in [1.54, 1.807) is 12.1 Å². The lowest BCUT2D eigenvalue weighted by atomic mass is 9.83. The Balaban J connectivity index is 1.79. The summed E-state index contributed by atoms with van der Waals surface area (Å²) in [6.45, 7) is 0.335. The minimum atomic E-state index is -4.39. The predicted octanol–water partition coefficient (Wildman–Crippen LogP) is 7.42. The zero-order valence-corrected chi connectivity index (χ0v) is 18.4. The van der Waals surface area contributed by atoms with Crippen LogP contribution in [0.3, 0.4) is 0 Å². The Morgan fingerprint density at radius 3 is 2.44 bits per heavy atom. The van der Waals surface area contributed by atoms with E-state index in [2.05, 4.69) is 0 Å². The number of hydrogen-bond donors (Lipinski definition) is 1. The molecular weight excluding hydrogens is 462 g/mol. The summed E-state index contributed by atoms with van der Waals surface area (Å²) >= 11 is 12.5. The summed E-state index contributed by atoms with van der Waals surface area (Å²) in [6.07, 6.45) is -0.0943. The largest absolute Gasteiger partial charge is 0.481 e. The number of aliphatic carboxylic acids is 1. The van der Waals surface area contributed by atoms with Crippen molar-refractivity contribution in [1.82, 2.24) is 4.57 Å². The fourth-order valence-corrected chi connectivity index (χ4v) is 5.01. The third kappa shape index (κ3) is 4.66. The highest BCUT2D eigenvalue weighted by atomic mass is 35.5. The third-order valence-corrected chi connectivity index (χ3v) is 6.42. The molecule has 3 aromatic rings. The maximum Gasteiger partial charge on any atom is 0.416 e. The molecule has 8 heteroatoms. The van der Waals surface area contributed by atoms with Crippen molar-refractivity contribution in [2.24, 2.45) is 0 Å². The lowest BCUT2D eigenvalue weighted by molar-refractivity contribution is -0.138. The Labute approximate surface area is 193 Å². The molecule has 0 saturated carbocycles. The van der Waals surface area contributed by atoms with Crippen LogP contribution in [0.1, 0.15) is 47.6 Å². The van der Waals surface area contributed by atoms with E-state index in [4.69, 9.17) is 23.2 Å². The molecule has 1 atom stereocenters. The summed E-state index contributed by atoms with van der Waals surface area (Å²) in [5.41, 5.74) is 3.66. The first kappa shape index (κ1) is 22.7. The highest BCUT2D eigenvalue weighted by molar-refractivity contribution is 6.36. The molecule has 1 unspecified atom stereocenters. The van der Waals surface area contributed by atoms with E-state index in [1.807, 2.05) is 16.8 Å². The second kappa shape index (κ2) is 8.83. The number of halogens is 5. The summed E-state index contributed by atoms with van der Waals surface area (Å²) in [5, 5.41) is 10.4. The molecular formula is C24H20Cl2F3NO2. The summed E-state index contributed by atoms with van der Waals surface area (Å²) in [6, 6.07) is 10.3. The Morgan fingerprint density at radius 2 is 1.81 bits per heavy atom. The van der Waals surface area contributed by atoms with Gasteiger partial charge in [-0.1, -0.05) is 41.4 Å². The molecule has 3 nitrogen and oxygen atoms in total. The van der Waals surface area contributed by atoms with Gasteiger partial charge >= 0.3 is 12.1 Å². The zero-order chi connectivity index (χ0) is 23.0. The predicted molar refractivity (Wildman–Crippen MR) is 118 cm³/mol. The second-order valence-electron chi connectivity index (χ2n) is 8.04. The number of benzene rings is 2. The van der Waals surface area contributed by atoms with Crippen LogP contribution in [0.25, 0.3) is 11.1 Å². The van der Waals surface area contributed by atoms with Gasteiger partial charge in [0.05, 0.1) is 12.0 Å². The van der Waals surface area contributed by atoms with Crippen molar-refractivity contribution in [3.63, 3.8) is 0 Å². The van der Waals surface area contributed by atoms with E-state index in [-0.39, 0.29) is 12.3 Å². The van der Waals surface area contributed by atoms with Crippen LogP contribution in [0.2, 0.25) is 10.0 Å². The van der Waals surface area contributed by atoms with Crippen LogP contribution in [0.15, 0.2) is 48.7 Å². The van der Waals surface area contributed by atoms with Gasteiger partial charge in [0.2, 0.25) is 0 Å². The number of carboxylic acid groups (broad SMARTS) is 1. The molecule has 1 aromatic heterocycles. The highest BCUT2D eigenvalue weighted by Crippen LogP contribution is 2.43. The molecule has 0 saturated heterocycles. The van der Waals surface area contributed by atoms with Gasteiger partial charge in [-0.3, -0.25) is 4.79 Å². The number of nitrogens with zero attached hydrogens (tertiary/aromatic N) is 1. The van der Waals surface area contributed by atoms with Gasteiger partial charge in [0, 0.05) is 45.5 Å². The van der Waals surface area contributed by atoms with Gasteiger partial charge < -0.3 is 9.67 Å². The van der Waals surface area contributed by atoms with Crippen LogP contribution < -0.4 is 0 Å². The van der Waals surface area contributed by atoms with Gasteiger partial charge in [0.1, 0.15) is 0 Å². The molecule has 4 rings (SSSR count). The quantitative estimate of drug-likeness (QED) is 0.411. The number of rotatable bonds is 5. The average Bonchev–Trinajstić information content (AvgIpc) is 3.06. The monoisotopic (exact) mass is 481 g/mol. The standard InChI is InChI=1S/C24H20Cl2F3NO2/c25-17-8-9-18(21(26)11-17)20-13-30(12-14-4-6-16(7-5-14)24(27,28)29)23-15(10-22(31)32)2-1-3-19(20)23/h4-9,11,13,15H,1-3,10,12H2,(H,31,32). The van der Waals surface area contributed by atoms with Crippen LogP contribution in [0, 0.1) is 0 Å². The normalized spacial score (nSPS) is 16.1.